The number of aromatic nitrogens is 3. The van der Waals surface area contributed by atoms with E-state index >= 15 is 0 Å². The first-order valence-electron chi connectivity index (χ1n) is 14.8. The Balaban J connectivity index is 1.31. The van der Waals surface area contributed by atoms with Crippen molar-refractivity contribution in [3.05, 3.63) is 89.7 Å². The van der Waals surface area contributed by atoms with Crippen LogP contribution < -0.4 is 4.90 Å². The van der Waals surface area contributed by atoms with E-state index in [1.807, 2.05) is 29.9 Å². The van der Waals surface area contributed by atoms with Gasteiger partial charge in [0, 0.05) is 44.1 Å². The number of rotatable bonds is 7. The summed E-state index contributed by atoms with van der Waals surface area (Å²) in [7, 11) is 1.96. The van der Waals surface area contributed by atoms with Gasteiger partial charge in [-0.2, -0.15) is 13.2 Å². The number of halogens is 3. The third kappa shape index (κ3) is 5.36. The Morgan fingerprint density at radius 3 is 2.63 bits per heavy atom. The molecule has 1 aliphatic carbocycles. The van der Waals surface area contributed by atoms with Crippen molar-refractivity contribution >= 4 is 5.69 Å². The fourth-order valence-corrected chi connectivity index (χ4v) is 7.01. The molecule has 9 heteroatoms. The van der Waals surface area contributed by atoms with Crippen molar-refractivity contribution < 1.29 is 13.2 Å². The quantitative estimate of drug-likeness (QED) is 0.365. The van der Waals surface area contributed by atoms with Crippen LogP contribution in [0.4, 0.5) is 18.9 Å². The minimum Gasteiger partial charge on any atom is -0.320 e. The molecule has 4 heterocycles. The molecule has 6 rings (SSSR count). The maximum Gasteiger partial charge on any atom is 0.418 e. The Kier molecular flexibility index (Phi) is 7.34. The first-order valence-corrected chi connectivity index (χ1v) is 14.8. The van der Waals surface area contributed by atoms with Gasteiger partial charge in [0.25, 0.3) is 0 Å². The molecule has 218 valence electrons. The Bertz CT molecular complexity index is 1400. The van der Waals surface area contributed by atoms with Crippen molar-refractivity contribution in [2.45, 2.75) is 58.0 Å². The molecule has 2 atom stereocenters. The molecule has 0 radical (unpaired) electrons. The molecule has 1 saturated carbocycles. The minimum atomic E-state index is -4.48. The summed E-state index contributed by atoms with van der Waals surface area (Å²) >= 11 is 0. The molecule has 0 amide bonds. The summed E-state index contributed by atoms with van der Waals surface area (Å²) in [5.74, 6) is 3.20. The summed E-state index contributed by atoms with van der Waals surface area (Å²) in [6, 6.07) is 8.09. The Labute approximate surface area is 240 Å². The minimum absolute atomic E-state index is 0.0698. The predicted octanol–water partition coefficient (Wildman–Crippen LogP) is 6.94. The average molecular weight is 565 g/mol. The van der Waals surface area contributed by atoms with Crippen LogP contribution in [0.5, 0.6) is 0 Å². The maximum atomic E-state index is 14.4. The van der Waals surface area contributed by atoms with E-state index in [0.717, 1.165) is 55.3 Å². The summed E-state index contributed by atoms with van der Waals surface area (Å²) < 4.78 is 45.1. The lowest BCUT2D eigenvalue weighted by molar-refractivity contribution is -0.0909. The van der Waals surface area contributed by atoms with Gasteiger partial charge in [0.05, 0.1) is 11.3 Å². The molecular weight excluding hydrogens is 525 g/mol. The molecule has 1 aromatic heterocycles. The van der Waals surface area contributed by atoms with E-state index in [1.165, 1.54) is 18.9 Å². The summed E-state index contributed by atoms with van der Waals surface area (Å²) in [5, 5.41) is 8.61. The second-order valence-corrected chi connectivity index (χ2v) is 12.3. The van der Waals surface area contributed by atoms with Gasteiger partial charge in [-0.3, -0.25) is 4.90 Å². The monoisotopic (exact) mass is 564 g/mol. The van der Waals surface area contributed by atoms with Crippen LogP contribution in [0.3, 0.4) is 0 Å². The summed E-state index contributed by atoms with van der Waals surface area (Å²) in [6.07, 6.45) is 7.65. The van der Waals surface area contributed by atoms with Gasteiger partial charge in [0.15, 0.2) is 0 Å². The number of likely N-dealkylation sites (tertiary alicyclic amines) is 1. The van der Waals surface area contributed by atoms with Gasteiger partial charge in [0.1, 0.15) is 18.0 Å². The molecule has 4 aliphatic rings. The van der Waals surface area contributed by atoms with Gasteiger partial charge < -0.3 is 14.4 Å². The highest BCUT2D eigenvalue weighted by Crippen LogP contribution is 2.48. The maximum absolute atomic E-state index is 14.4. The fourth-order valence-electron chi connectivity index (χ4n) is 7.01. The molecule has 6 nitrogen and oxygen atoms in total. The molecular formula is C32H39F3N6. The van der Waals surface area contributed by atoms with Crippen molar-refractivity contribution in [3.63, 3.8) is 0 Å². The van der Waals surface area contributed by atoms with Crippen molar-refractivity contribution in [2.75, 3.05) is 24.5 Å². The zero-order chi connectivity index (χ0) is 28.9. The zero-order valence-corrected chi connectivity index (χ0v) is 24.1. The normalized spacial score (nSPS) is 25.9. The molecule has 0 bridgehead atoms. The molecule has 0 unspecified atom stereocenters. The van der Waals surface area contributed by atoms with Crippen LogP contribution in [0.2, 0.25) is 0 Å². The van der Waals surface area contributed by atoms with Crippen LogP contribution in [0.15, 0.2) is 78.3 Å². The second kappa shape index (κ2) is 10.8. The van der Waals surface area contributed by atoms with Gasteiger partial charge in [-0.15, -0.1) is 10.2 Å². The number of piperidine rings is 1. The van der Waals surface area contributed by atoms with Gasteiger partial charge in [-0.1, -0.05) is 39.0 Å². The van der Waals surface area contributed by atoms with Crippen LogP contribution in [-0.4, -0.2) is 50.4 Å². The number of alkyl halides is 3. The molecule has 0 spiro atoms. The van der Waals surface area contributed by atoms with Crippen LogP contribution >= 0.6 is 0 Å². The van der Waals surface area contributed by atoms with E-state index in [4.69, 9.17) is 0 Å². The van der Waals surface area contributed by atoms with Crippen molar-refractivity contribution in [1.29, 1.82) is 0 Å². The van der Waals surface area contributed by atoms with Gasteiger partial charge in [-0.05, 0) is 79.3 Å². The van der Waals surface area contributed by atoms with Crippen LogP contribution in [0, 0.1) is 17.8 Å². The molecule has 0 N–H and O–H groups in total. The smallest absolute Gasteiger partial charge is 0.320 e. The molecule has 1 saturated heterocycles. The molecule has 1 aromatic carbocycles. The number of hydrogen-bond acceptors (Lipinski definition) is 5. The molecule has 41 heavy (non-hydrogen) atoms. The first kappa shape index (κ1) is 27.8. The highest BCUT2D eigenvalue weighted by atomic mass is 19.4. The van der Waals surface area contributed by atoms with E-state index in [1.54, 1.807) is 22.3 Å². The lowest BCUT2D eigenvalue weighted by atomic mass is 9.65. The third-order valence-electron chi connectivity index (χ3n) is 9.27. The van der Waals surface area contributed by atoms with E-state index in [-0.39, 0.29) is 11.6 Å². The number of aryl methyl sites for hydroxylation is 1. The number of anilines is 1. The topological polar surface area (TPSA) is 40.4 Å². The van der Waals surface area contributed by atoms with Crippen molar-refractivity contribution in [2.24, 2.45) is 24.8 Å². The first-order chi connectivity index (χ1) is 19.6. The lowest BCUT2D eigenvalue weighted by Crippen LogP contribution is -2.36. The van der Waals surface area contributed by atoms with Crippen LogP contribution in [-0.2, 0) is 7.05 Å². The van der Waals surface area contributed by atoms with E-state index in [9.17, 15) is 13.2 Å². The summed E-state index contributed by atoms with van der Waals surface area (Å²) in [5.41, 5.74) is 2.01. The second-order valence-electron chi connectivity index (χ2n) is 12.3. The molecule has 2 fully saturated rings. The average Bonchev–Trinajstić information content (AvgIpc) is 3.47. The van der Waals surface area contributed by atoms with E-state index in [0.29, 0.717) is 29.8 Å². The Morgan fingerprint density at radius 1 is 1.15 bits per heavy atom. The Morgan fingerprint density at radius 2 is 1.95 bits per heavy atom. The largest absolute Gasteiger partial charge is 0.418 e. The SMILES string of the molecule is C=C1N2C=C(CN3CCC[C@H](C)C3)C=C(C(F)(F)F)C2=CN1c1cccc([C@H](c2nncn2C)C2CC(CC)C2)c1. The highest BCUT2D eigenvalue weighted by Gasteiger charge is 2.44. The van der Waals surface area contributed by atoms with E-state index < -0.39 is 11.7 Å². The van der Waals surface area contributed by atoms with Crippen LogP contribution in [0.1, 0.15) is 63.3 Å². The molecule has 3 aliphatic heterocycles. The predicted molar refractivity (Wildman–Crippen MR) is 154 cm³/mol. The highest BCUT2D eigenvalue weighted by molar-refractivity contribution is 5.64. The van der Waals surface area contributed by atoms with Crippen LogP contribution in [0.25, 0.3) is 0 Å². The standard InChI is InChI=1S/C32H39F3N6/c1-5-23-12-26(13-23)30(31-37-36-20-38(31)4)25-9-6-10-27(15-25)40-19-29-28(32(33,34)35)14-24(18-41(29)22(40)3)17-39-11-7-8-21(2)16-39/h6,9-10,14-15,18-21,23,26,30H,3,5,7-8,11-13,16-17H2,1-2,4H3/t21-,23?,26?,30-/m0/s1. The number of hydrogen-bond donors (Lipinski definition) is 0. The number of nitrogens with zero attached hydrogens (tertiary/aromatic N) is 6. The number of allylic oxidation sites excluding steroid dienone is 1. The number of benzene rings is 1. The van der Waals surface area contributed by atoms with Crippen molar-refractivity contribution in [1.82, 2.24) is 24.6 Å². The van der Waals surface area contributed by atoms with Gasteiger partial charge in [-0.25, -0.2) is 0 Å². The van der Waals surface area contributed by atoms with Crippen molar-refractivity contribution in [3.8, 4) is 0 Å². The van der Waals surface area contributed by atoms with Gasteiger partial charge in [0.2, 0.25) is 0 Å². The third-order valence-corrected chi connectivity index (χ3v) is 9.27. The van der Waals surface area contributed by atoms with E-state index in [2.05, 4.69) is 47.7 Å². The number of fused-ring (bicyclic) bond motifs is 1. The summed E-state index contributed by atoms with van der Waals surface area (Å²) in [6.45, 7) is 11.0. The Hall–Kier alpha value is -3.33. The fraction of sp³-hybridized carbons (Fsp3) is 0.500. The summed E-state index contributed by atoms with van der Waals surface area (Å²) in [4.78, 5) is 5.65. The zero-order valence-electron chi connectivity index (χ0n) is 24.1. The lowest BCUT2D eigenvalue weighted by Gasteiger charge is -2.40. The molecule has 2 aromatic rings. The van der Waals surface area contributed by atoms with Gasteiger partial charge >= 0.3 is 6.18 Å².